The lowest BCUT2D eigenvalue weighted by Crippen LogP contribution is -2.41. The van der Waals surface area contributed by atoms with Crippen LogP contribution in [0.1, 0.15) is 11.6 Å². The molecule has 114 valence electrons. The normalized spacial score (nSPS) is 18.5. The molecular weight excluding hydrogens is 296 g/mol. The van der Waals surface area contributed by atoms with E-state index in [4.69, 9.17) is 4.74 Å². The van der Waals surface area contributed by atoms with Gasteiger partial charge in [0, 0.05) is 29.9 Å². The van der Waals surface area contributed by atoms with Gasteiger partial charge in [-0.15, -0.1) is 11.8 Å². The number of likely N-dealkylation sites (N-methyl/N-ethyl adjacent to an activating group) is 1. The van der Waals surface area contributed by atoms with Crippen molar-refractivity contribution in [1.82, 2.24) is 9.88 Å². The van der Waals surface area contributed by atoms with Crippen LogP contribution in [-0.4, -0.2) is 42.3 Å². The van der Waals surface area contributed by atoms with E-state index < -0.39 is 0 Å². The van der Waals surface area contributed by atoms with Crippen molar-refractivity contribution in [3.8, 4) is 11.1 Å². The van der Waals surface area contributed by atoms with Crippen molar-refractivity contribution in [2.45, 2.75) is 10.9 Å². The Balaban J connectivity index is 2.00. The number of thioether (sulfide) groups is 1. The molecule has 1 aliphatic heterocycles. The number of amides is 1. The number of morpholine rings is 1. The number of pyridine rings is 1. The van der Waals surface area contributed by atoms with Crippen LogP contribution in [0.3, 0.4) is 0 Å². The average molecular weight is 314 g/mol. The number of ether oxygens (including phenoxy) is 1. The fraction of sp³-hybridized carbons (Fsp3) is 0.294. The van der Waals surface area contributed by atoms with E-state index >= 15 is 0 Å². The average Bonchev–Trinajstić information content (AvgIpc) is 2.57. The molecule has 2 heterocycles. The minimum Gasteiger partial charge on any atom is -0.369 e. The van der Waals surface area contributed by atoms with Crippen molar-refractivity contribution in [2.75, 3.05) is 26.5 Å². The first-order valence-corrected chi connectivity index (χ1v) is 8.35. The first-order chi connectivity index (χ1) is 10.7. The monoisotopic (exact) mass is 314 g/mol. The molecule has 3 rings (SSSR count). The summed E-state index contributed by atoms with van der Waals surface area (Å²) in [6.45, 7) is 0.662. The molecule has 0 radical (unpaired) electrons. The third kappa shape index (κ3) is 2.87. The first kappa shape index (κ1) is 15.1. The van der Waals surface area contributed by atoms with Crippen molar-refractivity contribution >= 4 is 17.7 Å². The molecule has 1 aromatic heterocycles. The van der Waals surface area contributed by atoms with E-state index in [2.05, 4.69) is 35.5 Å². The summed E-state index contributed by atoms with van der Waals surface area (Å²) in [7, 11) is 1.82. The molecule has 1 fully saturated rings. The molecule has 0 saturated carbocycles. The third-order valence-electron chi connectivity index (χ3n) is 3.97. The largest absolute Gasteiger partial charge is 0.369 e. The van der Waals surface area contributed by atoms with E-state index in [1.165, 1.54) is 4.90 Å². The van der Waals surface area contributed by atoms with Crippen LogP contribution in [0.25, 0.3) is 11.1 Å². The Kier molecular flexibility index (Phi) is 4.45. The summed E-state index contributed by atoms with van der Waals surface area (Å²) in [5.41, 5.74) is 3.24. The maximum absolute atomic E-state index is 11.9. The highest BCUT2D eigenvalue weighted by molar-refractivity contribution is 7.98. The predicted molar refractivity (Wildman–Crippen MR) is 87.8 cm³/mol. The van der Waals surface area contributed by atoms with E-state index in [9.17, 15) is 4.79 Å². The second kappa shape index (κ2) is 6.50. The van der Waals surface area contributed by atoms with Crippen LogP contribution in [0.15, 0.2) is 47.6 Å². The van der Waals surface area contributed by atoms with E-state index in [1.54, 1.807) is 22.9 Å². The highest BCUT2D eigenvalue weighted by Gasteiger charge is 2.28. The second-order valence-electron chi connectivity index (χ2n) is 5.23. The highest BCUT2D eigenvalue weighted by Crippen LogP contribution is 2.32. The van der Waals surface area contributed by atoms with E-state index in [1.807, 2.05) is 19.3 Å². The molecule has 0 N–H and O–H groups in total. The zero-order chi connectivity index (χ0) is 15.5. The van der Waals surface area contributed by atoms with Gasteiger partial charge in [-0.2, -0.15) is 0 Å². The number of hydrogen-bond acceptors (Lipinski definition) is 4. The number of rotatable bonds is 3. The lowest BCUT2D eigenvalue weighted by molar-refractivity contribution is -0.146. The summed E-state index contributed by atoms with van der Waals surface area (Å²) in [4.78, 5) is 19.1. The Morgan fingerprint density at radius 1 is 1.27 bits per heavy atom. The molecule has 1 unspecified atom stereocenters. The second-order valence-corrected chi connectivity index (χ2v) is 6.11. The number of aromatic nitrogens is 1. The quantitative estimate of drug-likeness (QED) is 0.817. The summed E-state index contributed by atoms with van der Waals surface area (Å²) in [6.07, 6.45) is 5.68. The molecule has 0 spiro atoms. The Morgan fingerprint density at radius 3 is 2.77 bits per heavy atom. The van der Waals surface area contributed by atoms with Gasteiger partial charge >= 0.3 is 0 Å². The number of carbonyl (C=O) groups is 1. The molecule has 1 aliphatic rings. The standard InChI is InChI=1S/C17H18N2O2S/c1-19-16(10-21-11-17(19)20)15-9-18-8-7-14(15)12-3-5-13(22-2)6-4-12/h3-9,16H,10-11H2,1-2H3. The lowest BCUT2D eigenvalue weighted by Gasteiger charge is -2.33. The maximum Gasteiger partial charge on any atom is 0.248 e. The summed E-state index contributed by atoms with van der Waals surface area (Å²) in [6, 6.07) is 10.3. The van der Waals surface area contributed by atoms with Crippen LogP contribution >= 0.6 is 11.8 Å². The van der Waals surface area contributed by atoms with Gasteiger partial charge in [-0.25, -0.2) is 0 Å². The Morgan fingerprint density at radius 2 is 2.05 bits per heavy atom. The SMILES string of the molecule is CSc1ccc(-c2ccncc2C2COCC(=O)N2C)cc1. The molecule has 1 saturated heterocycles. The van der Waals surface area contributed by atoms with Crippen LogP contribution in [0, 0.1) is 0 Å². The lowest BCUT2D eigenvalue weighted by atomic mass is 9.96. The summed E-state index contributed by atoms with van der Waals surface area (Å²) in [5, 5.41) is 0. The Bertz CT molecular complexity index is 673. The van der Waals surface area contributed by atoms with Crippen LogP contribution in [-0.2, 0) is 9.53 Å². The van der Waals surface area contributed by atoms with Gasteiger partial charge in [0.1, 0.15) is 6.61 Å². The minimum atomic E-state index is -0.0924. The zero-order valence-corrected chi connectivity index (χ0v) is 13.5. The number of hydrogen-bond donors (Lipinski definition) is 0. The van der Waals surface area contributed by atoms with Crippen molar-refractivity contribution < 1.29 is 9.53 Å². The van der Waals surface area contributed by atoms with Crippen LogP contribution in [0.2, 0.25) is 0 Å². The molecule has 22 heavy (non-hydrogen) atoms. The van der Waals surface area contributed by atoms with E-state index in [-0.39, 0.29) is 18.6 Å². The molecule has 1 aromatic carbocycles. The van der Waals surface area contributed by atoms with Gasteiger partial charge in [0.05, 0.1) is 12.6 Å². The molecule has 4 nitrogen and oxygen atoms in total. The Hall–Kier alpha value is -1.85. The van der Waals surface area contributed by atoms with Crippen LogP contribution < -0.4 is 0 Å². The molecule has 0 aliphatic carbocycles. The van der Waals surface area contributed by atoms with Crippen LogP contribution in [0.5, 0.6) is 0 Å². The molecule has 5 heteroatoms. The maximum atomic E-state index is 11.9. The fourth-order valence-corrected chi connectivity index (χ4v) is 3.06. The number of carbonyl (C=O) groups excluding carboxylic acids is 1. The van der Waals surface area contributed by atoms with E-state index in [0.29, 0.717) is 6.61 Å². The minimum absolute atomic E-state index is 0.00350. The molecule has 2 aromatic rings. The van der Waals surface area contributed by atoms with E-state index in [0.717, 1.165) is 16.7 Å². The summed E-state index contributed by atoms with van der Waals surface area (Å²) < 4.78 is 5.42. The van der Waals surface area contributed by atoms with Gasteiger partial charge in [-0.1, -0.05) is 12.1 Å². The number of benzene rings is 1. The fourth-order valence-electron chi connectivity index (χ4n) is 2.65. The molecule has 1 amide bonds. The Labute approximate surface area is 134 Å². The van der Waals surface area contributed by atoms with Gasteiger partial charge in [-0.3, -0.25) is 9.78 Å². The molecular formula is C17H18N2O2S. The van der Waals surface area contributed by atoms with Gasteiger partial charge in [0.25, 0.3) is 0 Å². The smallest absolute Gasteiger partial charge is 0.248 e. The van der Waals surface area contributed by atoms with Gasteiger partial charge in [0.15, 0.2) is 0 Å². The predicted octanol–water partition coefficient (Wildman–Crippen LogP) is 3.00. The van der Waals surface area contributed by atoms with Crippen molar-refractivity contribution in [3.63, 3.8) is 0 Å². The number of nitrogens with zero attached hydrogens (tertiary/aromatic N) is 2. The first-order valence-electron chi connectivity index (χ1n) is 7.12. The summed E-state index contributed by atoms with van der Waals surface area (Å²) >= 11 is 1.72. The molecule has 0 bridgehead atoms. The van der Waals surface area contributed by atoms with Crippen molar-refractivity contribution in [2.24, 2.45) is 0 Å². The molecule has 1 atom stereocenters. The summed E-state index contributed by atoms with van der Waals surface area (Å²) in [5.74, 6) is 0.00350. The van der Waals surface area contributed by atoms with Gasteiger partial charge in [0.2, 0.25) is 5.91 Å². The van der Waals surface area contributed by atoms with Gasteiger partial charge in [-0.05, 0) is 35.6 Å². The zero-order valence-electron chi connectivity index (χ0n) is 12.7. The third-order valence-corrected chi connectivity index (χ3v) is 4.72. The topological polar surface area (TPSA) is 42.4 Å². The van der Waals surface area contributed by atoms with Crippen LogP contribution in [0.4, 0.5) is 0 Å². The highest BCUT2D eigenvalue weighted by atomic mass is 32.2. The van der Waals surface area contributed by atoms with Crippen molar-refractivity contribution in [1.29, 1.82) is 0 Å². The van der Waals surface area contributed by atoms with Gasteiger partial charge < -0.3 is 9.64 Å². The van der Waals surface area contributed by atoms with Crippen molar-refractivity contribution in [3.05, 3.63) is 48.3 Å².